The summed E-state index contributed by atoms with van der Waals surface area (Å²) in [7, 11) is 0. The second-order valence-corrected chi connectivity index (χ2v) is 8.90. The first-order valence-corrected chi connectivity index (χ1v) is 12.1. The highest BCUT2D eigenvalue weighted by molar-refractivity contribution is 7.80. The van der Waals surface area contributed by atoms with Gasteiger partial charge in [-0.25, -0.2) is 4.39 Å². The predicted octanol–water partition coefficient (Wildman–Crippen LogP) is 6.37. The summed E-state index contributed by atoms with van der Waals surface area (Å²) in [5.74, 6) is 2.13. The van der Waals surface area contributed by atoms with Crippen LogP contribution in [0.3, 0.4) is 0 Å². The van der Waals surface area contributed by atoms with E-state index in [4.69, 9.17) is 26.4 Å². The molecule has 1 aliphatic rings. The van der Waals surface area contributed by atoms with Gasteiger partial charge in [-0.05, 0) is 86.8 Å². The van der Waals surface area contributed by atoms with E-state index >= 15 is 0 Å². The number of hydrogen-bond acceptors (Lipinski definition) is 4. The van der Waals surface area contributed by atoms with Gasteiger partial charge in [-0.1, -0.05) is 30.4 Å². The fourth-order valence-corrected chi connectivity index (χ4v) is 4.56. The lowest BCUT2D eigenvalue weighted by Gasteiger charge is -2.39. The fourth-order valence-electron chi connectivity index (χ4n) is 4.22. The van der Waals surface area contributed by atoms with Crippen LogP contribution < -0.4 is 14.2 Å². The maximum Gasteiger partial charge on any atom is 0.123 e. The molecule has 1 unspecified atom stereocenters. The van der Waals surface area contributed by atoms with Crippen molar-refractivity contribution in [3.8, 4) is 17.2 Å². The van der Waals surface area contributed by atoms with Gasteiger partial charge in [-0.2, -0.15) is 0 Å². The summed E-state index contributed by atoms with van der Waals surface area (Å²) in [6.07, 6.45) is 0.928. The minimum atomic E-state index is -0.296. The Labute approximate surface area is 206 Å². The van der Waals surface area contributed by atoms with Gasteiger partial charge in [0.1, 0.15) is 34.7 Å². The van der Waals surface area contributed by atoms with Crippen molar-refractivity contribution in [3.05, 3.63) is 89.2 Å². The van der Waals surface area contributed by atoms with Gasteiger partial charge < -0.3 is 19.1 Å². The molecular formula is C28H30FNO3S. The first-order chi connectivity index (χ1) is 16.4. The van der Waals surface area contributed by atoms with Crippen LogP contribution in [0.25, 0.3) is 0 Å². The molecule has 1 aliphatic heterocycles. The first kappa shape index (κ1) is 24.0. The molecule has 0 saturated carbocycles. The summed E-state index contributed by atoms with van der Waals surface area (Å²) >= 11 is 5.83. The third kappa shape index (κ3) is 5.68. The zero-order valence-corrected chi connectivity index (χ0v) is 20.6. The number of nitrogens with zero attached hydrogens (tertiary/aromatic N) is 1. The van der Waals surface area contributed by atoms with E-state index in [2.05, 4.69) is 17.0 Å². The summed E-state index contributed by atoms with van der Waals surface area (Å²) < 4.78 is 31.6. The summed E-state index contributed by atoms with van der Waals surface area (Å²) in [4.78, 5) is 2.76. The van der Waals surface area contributed by atoms with Gasteiger partial charge in [-0.3, -0.25) is 0 Å². The zero-order chi connectivity index (χ0) is 24.1. The van der Waals surface area contributed by atoms with E-state index in [0.717, 1.165) is 29.2 Å². The molecule has 4 rings (SSSR count). The molecule has 0 N–H and O–H groups in total. The van der Waals surface area contributed by atoms with Crippen molar-refractivity contribution in [2.45, 2.75) is 39.3 Å². The van der Waals surface area contributed by atoms with Crippen molar-refractivity contribution >= 4 is 17.2 Å². The van der Waals surface area contributed by atoms with Crippen LogP contribution in [-0.2, 0) is 6.42 Å². The second-order valence-electron chi connectivity index (χ2n) is 8.52. The van der Waals surface area contributed by atoms with E-state index in [1.54, 1.807) is 6.07 Å². The maximum atomic E-state index is 13.9. The van der Waals surface area contributed by atoms with E-state index in [-0.39, 0.29) is 18.0 Å². The zero-order valence-electron chi connectivity index (χ0n) is 19.8. The SMILES string of the molecule is CCOc1ccc(OCC2c3ccc(OC(C)C)cc3CCN2C(=S)c2cccc(F)c2)cc1. The van der Waals surface area contributed by atoms with Crippen LogP contribution in [0.5, 0.6) is 17.2 Å². The van der Waals surface area contributed by atoms with Crippen molar-refractivity contribution < 1.29 is 18.6 Å². The minimum Gasteiger partial charge on any atom is -0.494 e. The normalized spacial score (nSPS) is 15.1. The van der Waals surface area contributed by atoms with Gasteiger partial charge in [0, 0.05) is 12.1 Å². The van der Waals surface area contributed by atoms with Crippen LogP contribution in [0.1, 0.15) is 43.5 Å². The van der Waals surface area contributed by atoms with Crippen LogP contribution >= 0.6 is 12.2 Å². The third-order valence-corrected chi connectivity index (χ3v) is 6.19. The Morgan fingerprint density at radius 2 is 1.71 bits per heavy atom. The molecule has 4 nitrogen and oxygen atoms in total. The summed E-state index contributed by atoms with van der Waals surface area (Å²) in [5.41, 5.74) is 3.06. The molecule has 1 atom stereocenters. The highest BCUT2D eigenvalue weighted by Crippen LogP contribution is 2.34. The van der Waals surface area contributed by atoms with Crippen molar-refractivity contribution in [1.29, 1.82) is 0 Å². The highest BCUT2D eigenvalue weighted by Gasteiger charge is 2.30. The Balaban J connectivity index is 1.61. The van der Waals surface area contributed by atoms with Crippen LogP contribution in [0, 0.1) is 5.82 Å². The first-order valence-electron chi connectivity index (χ1n) is 11.7. The number of rotatable bonds is 8. The molecule has 3 aromatic carbocycles. The van der Waals surface area contributed by atoms with E-state index in [9.17, 15) is 4.39 Å². The Morgan fingerprint density at radius 1 is 1.00 bits per heavy atom. The van der Waals surface area contributed by atoms with E-state index in [1.807, 2.05) is 57.2 Å². The monoisotopic (exact) mass is 479 g/mol. The van der Waals surface area contributed by atoms with E-state index in [0.29, 0.717) is 30.3 Å². The van der Waals surface area contributed by atoms with Crippen LogP contribution in [0.15, 0.2) is 66.7 Å². The minimum absolute atomic E-state index is 0.109. The lowest BCUT2D eigenvalue weighted by atomic mass is 9.92. The topological polar surface area (TPSA) is 30.9 Å². The van der Waals surface area contributed by atoms with Gasteiger partial charge >= 0.3 is 0 Å². The molecule has 0 aromatic heterocycles. The Hall–Kier alpha value is -3.12. The smallest absolute Gasteiger partial charge is 0.123 e. The molecule has 0 aliphatic carbocycles. The summed E-state index contributed by atoms with van der Waals surface area (Å²) in [6.45, 7) is 7.73. The third-order valence-electron chi connectivity index (χ3n) is 5.72. The van der Waals surface area contributed by atoms with Crippen molar-refractivity contribution in [2.24, 2.45) is 0 Å². The van der Waals surface area contributed by atoms with Gasteiger partial charge in [-0.15, -0.1) is 0 Å². The van der Waals surface area contributed by atoms with Crippen molar-refractivity contribution in [1.82, 2.24) is 4.90 Å². The molecule has 3 aromatic rings. The average molecular weight is 480 g/mol. The lowest BCUT2D eigenvalue weighted by molar-refractivity contribution is 0.190. The van der Waals surface area contributed by atoms with Crippen LogP contribution in [0.4, 0.5) is 4.39 Å². The van der Waals surface area contributed by atoms with Crippen LogP contribution in [0.2, 0.25) is 0 Å². The number of hydrogen-bond donors (Lipinski definition) is 0. The molecule has 0 amide bonds. The van der Waals surface area contributed by atoms with Gasteiger partial charge in [0.15, 0.2) is 0 Å². The fraction of sp³-hybridized carbons (Fsp3) is 0.321. The number of benzene rings is 3. The quantitative estimate of drug-likeness (QED) is 0.351. The molecule has 0 fully saturated rings. The molecule has 0 bridgehead atoms. The van der Waals surface area contributed by atoms with Gasteiger partial charge in [0.25, 0.3) is 0 Å². The molecule has 1 heterocycles. The Bertz CT molecular complexity index is 1130. The van der Waals surface area contributed by atoms with Gasteiger partial charge in [0.2, 0.25) is 0 Å². The molecule has 34 heavy (non-hydrogen) atoms. The van der Waals surface area contributed by atoms with Gasteiger partial charge in [0.05, 0.1) is 18.8 Å². The molecule has 6 heteroatoms. The molecule has 0 spiro atoms. The standard InChI is InChI=1S/C28H30FNO3S/c1-4-31-23-8-10-24(11-9-23)32-18-27-26-13-12-25(33-19(2)3)17-20(26)14-15-30(27)28(34)21-6-5-7-22(29)16-21/h5-13,16-17,19,27H,4,14-15,18H2,1-3H3. The largest absolute Gasteiger partial charge is 0.494 e. The number of thiocarbonyl (C=S) groups is 1. The lowest BCUT2D eigenvalue weighted by Crippen LogP contribution is -2.42. The Kier molecular flexibility index (Phi) is 7.68. The molecule has 0 saturated heterocycles. The van der Waals surface area contributed by atoms with E-state index in [1.165, 1.54) is 17.7 Å². The summed E-state index contributed by atoms with van der Waals surface area (Å²) in [5, 5.41) is 0. The average Bonchev–Trinajstić information content (AvgIpc) is 2.82. The van der Waals surface area contributed by atoms with Crippen LogP contribution in [-0.4, -0.2) is 35.8 Å². The number of ether oxygens (including phenoxy) is 3. The molecular weight excluding hydrogens is 449 g/mol. The predicted molar refractivity (Wildman–Crippen MR) is 137 cm³/mol. The van der Waals surface area contributed by atoms with Crippen molar-refractivity contribution in [3.63, 3.8) is 0 Å². The Morgan fingerprint density at radius 3 is 2.38 bits per heavy atom. The second kappa shape index (κ2) is 10.9. The maximum absolute atomic E-state index is 13.9. The summed E-state index contributed by atoms with van der Waals surface area (Å²) in [6, 6.07) is 20.2. The van der Waals surface area contributed by atoms with E-state index < -0.39 is 0 Å². The highest BCUT2D eigenvalue weighted by atomic mass is 32.1. The number of halogens is 1. The number of fused-ring (bicyclic) bond motifs is 1. The van der Waals surface area contributed by atoms with Crippen molar-refractivity contribution in [2.75, 3.05) is 19.8 Å². The molecule has 0 radical (unpaired) electrons. The molecule has 178 valence electrons.